The van der Waals surface area contributed by atoms with Crippen LogP contribution in [0.1, 0.15) is 39.0 Å². The molecule has 2 amide bonds. The Bertz CT molecular complexity index is 376. The van der Waals surface area contributed by atoms with E-state index < -0.39 is 5.97 Å². The highest BCUT2D eigenvalue weighted by Gasteiger charge is 2.28. The van der Waals surface area contributed by atoms with Gasteiger partial charge in [0.2, 0.25) is 0 Å². The second-order valence-corrected chi connectivity index (χ2v) is 5.46. The second kappa shape index (κ2) is 8.47. The number of carbonyl (C=O) groups is 2. The van der Waals surface area contributed by atoms with Crippen LogP contribution in [0.5, 0.6) is 0 Å². The minimum absolute atomic E-state index is 0.0609. The number of nitrogens with zero attached hydrogens (tertiary/aromatic N) is 1. The fraction of sp³-hybridized carbons (Fsp3) is 0.733. The Morgan fingerprint density at radius 2 is 2.30 bits per heavy atom. The molecule has 0 bridgehead atoms. The molecule has 1 rings (SSSR count). The van der Waals surface area contributed by atoms with E-state index in [0.717, 1.165) is 25.8 Å². The van der Waals surface area contributed by atoms with E-state index >= 15 is 0 Å². The summed E-state index contributed by atoms with van der Waals surface area (Å²) in [7, 11) is 0. The molecular weight excluding hydrogens is 256 g/mol. The highest BCUT2D eigenvalue weighted by Crippen LogP contribution is 2.26. The third-order valence-corrected chi connectivity index (χ3v) is 3.82. The largest absolute Gasteiger partial charge is 0.481 e. The maximum absolute atomic E-state index is 12.0. The molecule has 1 aliphatic rings. The van der Waals surface area contributed by atoms with Gasteiger partial charge in [-0.2, -0.15) is 0 Å². The average molecular weight is 280 g/mol. The molecule has 5 nitrogen and oxygen atoms in total. The van der Waals surface area contributed by atoms with Gasteiger partial charge in [-0.25, -0.2) is 4.79 Å². The van der Waals surface area contributed by atoms with Gasteiger partial charge in [-0.1, -0.05) is 6.92 Å². The Hall–Kier alpha value is -1.70. The summed E-state index contributed by atoms with van der Waals surface area (Å²) in [5, 5.41) is 11.7. The van der Waals surface area contributed by atoms with Gasteiger partial charge in [0.1, 0.15) is 0 Å². The molecule has 5 heteroatoms. The third-order valence-electron chi connectivity index (χ3n) is 3.82. The quantitative estimate of drug-likeness (QED) is 0.577. The highest BCUT2D eigenvalue weighted by molar-refractivity contribution is 5.74. The van der Waals surface area contributed by atoms with Crippen LogP contribution in [0.4, 0.5) is 4.79 Å². The third kappa shape index (κ3) is 5.52. The predicted octanol–water partition coefficient (Wildman–Crippen LogP) is 1.93. The molecule has 0 radical (unpaired) electrons. The zero-order valence-electron chi connectivity index (χ0n) is 12.1. The summed E-state index contributed by atoms with van der Waals surface area (Å²) in [5.41, 5.74) is 0. The number of carbonyl (C=O) groups excluding carboxylic acids is 1. The van der Waals surface area contributed by atoms with Gasteiger partial charge in [0.15, 0.2) is 0 Å². The van der Waals surface area contributed by atoms with E-state index in [2.05, 4.69) is 11.2 Å². The number of nitrogens with one attached hydrogen (secondary N) is 1. The number of urea groups is 1. The maximum Gasteiger partial charge on any atom is 0.317 e. The molecule has 0 aliphatic carbocycles. The Labute approximate surface area is 120 Å². The predicted molar refractivity (Wildman–Crippen MR) is 77.2 cm³/mol. The van der Waals surface area contributed by atoms with Gasteiger partial charge in [0, 0.05) is 32.5 Å². The van der Waals surface area contributed by atoms with Crippen LogP contribution in [0.3, 0.4) is 0 Å². The van der Waals surface area contributed by atoms with Crippen LogP contribution in [0.25, 0.3) is 0 Å². The van der Waals surface area contributed by atoms with Crippen LogP contribution in [0, 0.1) is 24.2 Å². The number of hydrogen-bond acceptors (Lipinski definition) is 2. The Morgan fingerprint density at radius 3 is 2.95 bits per heavy atom. The van der Waals surface area contributed by atoms with Crippen molar-refractivity contribution in [3.05, 3.63) is 0 Å². The molecule has 20 heavy (non-hydrogen) atoms. The van der Waals surface area contributed by atoms with Gasteiger partial charge in [-0.3, -0.25) is 4.79 Å². The zero-order chi connectivity index (χ0) is 15.0. The first kappa shape index (κ1) is 16.4. The lowest BCUT2D eigenvalue weighted by Crippen LogP contribution is -2.47. The number of amides is 2. The SMILES string of the molecule is C#CCCCNC(=O)N1CCCC(C(C)CC(=O)O)C1. The summed E-state index contributed by atoms with van der Waals surface area (Å²) in [6, 6.07) is -0.0609. The van der Waals surface area contributed by atoms with Crippen LogP contribution in [-0.4, -0.2) is 41.6 Å². The summed E-state index contributed by atoms with van der Waals surface area (Å²) in [6.45, 7) is 3.94. The van der Waals surface area contributed by atoms with E-state index in [0.29, 0.717) is 19.5 Å². The molecule has 1 heterocycles. The molecule has 2 unspecified atom stereocenters. The summed E-state index contributed by atoms with van der Waals surface area (Å²) in [5.74, 6) is 2.15. The summed E-state index contributed by atoms with van der Waals surface area (Å²) >= 11 is 0. The lowest BCUT2D eigenvalue weighted by molar-refractivity contribution is -0.138. The summed E-state index contributed by atoms with van der Waals surface area (Å²) in [6.07, 6.45) is 8.71. The van der Waals surface area contributed by atoms with E-state index in [1.807, 2.05) is 6.92 Å². The van der Waals surface area contributed by atoms with E-state index in [9.17, 15) is 9.59 Å². The molecule has 1 saturated heterocycles. The maximum atomic E-state index is 12.0. The molecule has 0 aromatic heterocycles. The van der Waals surface area contributed by atoms with Crippen molar-refractivity contribution >= 4 is 12.0 Å². The van der Waals surface area contributed by atoms with E-state index in [-0.39, 0.29) is 24.3 Å². The van der Waals surface area contributed by atoms with Gasteiger partial charge < -0.3 is 15.3 Å². The topological polar surface area (TPSA) is 69.6 Å². The highest BCUT2D eigenvalue weighted by atomic mass is 16.4. The standard InChI is InChI=1S/C15H24N2O3/c1-3-4-5-8-16-15(20)17-9-6-7-13(11-17)12(2)10-14(18)19/h1,12-13H,4-11H2,2H3,(H,16,20)(H,18,19). The van der Waals surface area contributed by atoms with E-state index in [1.54, 1.807) is 4.90 Å². The fourth-order valence-corrected chi connectivity index (χ4v) is 2.60. The van der Waals surface area contributed by atoms with Crippen LogP contribution >= 0.6 is 0 Å². The second-order valence-electron chi connectivity index (χ2n) is 5.46. The molecular formula is C15H24N2O3. The minimum atomic E-state index is -0.770. The molecule has 0 aromatic carbocycles. The molecule has 2 atom stereocenters. The van der Waals surface area contributed by atoms with Crippen molar-refractivity contribution in [1.29, 1.82) is 0 Å². The molecule has 1 aliphatic heterocycles. The number of rotatable bonds is 6. The number of aliphatic carboxylic acids is 1. The number of hydrogen-bond donors (Lipinski definition) is 2. The zero-order valence-corrected chi connectivity index (χ0v) is 12.1. The molecule has 1 fully saturated rings. The van der Waals surface area contributed by atoms with Gasteiger partial charge >= 0.3 is 12.0 Å². The number of unbranched alkanes of at least 4 members (excludes halogenated alkanes) is 1. The number of carboxylic acid groups (broad SMARTS) is 1. The first-order valence-corrected chi connectivity index (χ1v) is 7.22. The van der Waals surface area contributed by atoms with Gasteiger partial charge in [0.25, 0.3) is 0 Å². The summed E-state index contributed by atoms with van der Waals surface area (Å²) in [4.78, 5) is 24.6. The molecule has 0 aromatic rings. The smallest absolute Gasteiger partial charge is 0.317 e. The van der Waals surface area contributed by atoms with Crippen molar-refractivity contribution < 1.29 is 14.7 Å². The van der Waals surface area contributed by atoms with Crippen LogP contribution in [0.2, 0.25) is 0 Å². The van der Waals surface area contributed by atoms with Crippen molar-refractivity contribution in [3.63, 3.8) is 0 Å². The Balaban J connectivity index is 2.38. The number of piperidine rings is 1. The van der Waals surface area contributed by atoms with E-state index in [4.69, 9.17) is 11.5 Å². The molecule has 112 valence electrons. The first-order valence-electron chi connectivity index (χ1n) is 7.22. The van der Waals surface area contributed by atoms with Gasteiger partial charge in [0.05, 0.1) is 0 Å². The molecule has 0 saturated carbocycles. The number of terminal acetylenes is 1. The summed E-state index contributed by atoms with van der Waals surface area (Å²) < 4.78 is 0. The monoisotopic (exact) mass is 280 g/mol. The first-order chi connectivity index (χ1) is 9.54. The Kier molecular flexibility index (Phi) is 6.92. The molecule has 2 N–H and O–H groups in total. The number of likely N-dealkylation sites (tertiary alicyclic amines) is 1. The Morgan fingerprint density at radius 1 is 1.55 bits per heavy atom. The average Bonchev–Trinajstić information content (AvgIpc) is 2.43. The normalized spacial score (nSPS) is 20.0. The van der Waals surface area contributed by atoms with Crippen molar-refractivity contribution in [3.8, 4) is 12.3 Å². The lowest BCUT2D eigenvalue weighted by Gasteiger charge is -2.35. The van der Waals surface area contributed by atoms with Crippen molar-refractivity contribution in [2.45, 2.75) is 39.0 Å². The van der Waals surface area contributed by atoms with Gasteiger partial charge in [-0.05, 0) is 31.1 Å². The van der Waals surface area contributed by atoms with Crippen molar-refractivity contribution in [1.82, 2.24) is 10.2 Å². The van der Waals surface area contributed by atoms with E-state index in [1.165, 1.54) is 0 Å². The minimum Gasteiger partial charge on any atom is -0.481 e. The van der Waals surface area contributed by atoms with Gasteiger partial charge in [-0.15, -0.1) is 12.3 Å². The van der Waals surface area contributed by atoms with Crippen LogP contribution in [0.15, 0.2) is 0 Å². The fourth-order valence-electron chi connectivity index (χ4n) is 2.60. The van der Waals surface area contributed by atoms with Crippen LogP contribution in [-0.2, 0) is 4.79 Å². The van der Waals surface area contributed by atoms with Crippen molar-refractivity contribution in [2.75, 3.05) is 19.6 Å². The molecule has 0 spiro atoms. The lowest BCUT2D eigenvalue weighted by atomic mass is 9.85. The number of carboxylic acids is 1. The van der Waals surface area contributed by atoms with Crippen LogP contribution < -0.4 is 5.32 Å². The van der Waals surface area contributed by atoms with Crippen molar-refractivity contribution in [2.24, 2.45) is 11.8 Å².